The van der Waals surface area contributed by atoms with Gasteiger partial charge >= 0.3 is 12.1 Å². The smallest absolute Gasteiger partial charge is 0.416 e. The van der Waals surface area contributed by atoms with Crippen LogP contribution in [0.4, 0.5) is 4.79 Å². The van der Waals surface area contributed by atoms with Gasteiger partial charge in [0, 0.05) is 0 Å². The van der Waals surface area contributed by atoms with E-state index in [-0.39, 0.29) is 25.7 Å². The van der Waals surface area contributed by atoms with Crippen LogP contribution in [0.2, 0.25) is 0 Å². The van der Waals surface area contributed by atoms with E-state index in [0.29, 0.717) is 0 Å². The van der Waals surface area contributed by atoms with E-state index in [4.69, 9.17) is 14.2 Å². The predicted octanol–water partition coefficient (Wildman–Crippen LogP) is 0.837. The summed E-state index contributed by atoms with van der Waals surface area (Å²) >= 11 is 0. The highest BCUT2D eigenvalue weighted by Gasteiger charge is 2.25. The second-order valence-electron chi connectivity index (χ2n) is 2.66. The highest BCUT2D eigenvalue weighted by molar-refractivity contribution is 5.87. The third kappa shape index (κ3) is 2.87. The first-order valence-corrected chi connectivity index (χ1v) is 4.64. The Morgan fingerprint density at radius 3 is 2.67 bits per heavy atom. The molecule has 1 rings (SSSR count). The van der Waals surface area contributed by atoms with E-state index in [1.807, 2.05) is 0 Å². The standard InChI is InChI=1S/C9H13NO5/c1-3-13-8(11)7-5-10(6-15-7)9(12)14-4-2/h5H,3-4,6H2,1-2H3. The lowest BCUT2D eigenvalue weighted by Gasteiger charge is -2.09. The van der Waals surface area contributed by atoms with Gasteiger partial charge in [0.05, 0.1) is 19.4 Å². The summed E-state index contributed by atoms with van der Waals surface area (Å²) < 4.78 is 14.4. The van der Waals surface area contributed by atoms with Gasteiger partial charge in [-0.05, 0) is 13.8 Å². The molecule has 6 nitrogen and oxygen atoms in total. The van der Waals surface area contributed by atoms with Crippen LogP contribution < -0.4 is 0 Å². The van der Waals surface area contributed by atoms with Crippen LogP contribution in [0, 0.1) is 0 Å². The van der Waals surface area contributed by atoms with E-state index in [1.54, 1.807) is 13.8 Å². The van der Waals surface area contributed by atoms with Crippen molar-refractivity contribution in [3.63, 3.8) is 0 Å². The van der Waals surface area contributed by atoms with Crippen molar-refractivity contribution in [2.45, 2.75) is 13.8 Å². The monoisotopic (exact) mass is 215 g/mol. The number of hydrogen-bond donors (Lipinski definition) is 0. The molecule has 0 atom stereocenters. The Morgan fingerprint density at radius 2 is 2.07 bits per heavy atom. The van der Waals surface area contributed by atoms with Crippen molar-refractivity contribution in [1.82, 2.24) is 4.90 Å². The quantitative estimate of drug-likeness (QED) is 0.652. The highest BCUT2D eigenvalue weighted by atomic mass is 16.6. The summed E-state index contributed by atoms with van der Waals surface area (Å²) in [5, 5.41) is 0. The first-order valence-electron chi connectivity index (χ1n) is 4.64. The summed E-state index contributed by atoms with van der Waals surface area (Å²) in [7, 11) is 0. The lowest BCUT2D eigenvalue weighted by atomic mass is 10.5. The Balaban J connectivity index is 2.54. The van der Waals surface area contributed by atoms with Crippen molar-refractivity contribution in [1.29, 1.82) is 0 Å². The van der Waals surface area contributed by atoms with Crippen molar-refractivity contribution in [2.24, 2.45) is 0 Å². The van der Waals surface area contributed by atoms with Gasteiger partial charge in [0.2, 0.25) is 5.76 Å². The zero-order valence-electron chi connectivity index (χ0n) is 8.69. The van der Waals surface area contributed by atoms with Gasteiger partial charge in [-0.15, -0.1) is 0 Å². The molecule has 15 heavy (non-hydrogen) atoms. The van der Waals surface area contributed by atoms with Crippen LogP contribution in [-0.4, -0.2) is 36.9 Å². The number of ether oxygens (including phenoxy) is 3. The number of rotatable bonds is 3. The molecular formula is C9H13NO5. The summed E-state index contributed by atoms with van der Waals surface area (Å²) in [4.78, 5) is 23.5. The van der Waals surface area contributed by atoms with Crippen LogP contribution in [0.1, 0.15) is 13.8 Å². The normalized spacial score (nSPS) is 14.3. The number of hydrogen-bond acceptors (Lipinski definition) is 5. The summed E-state index contributed by atoms with van der Waals surface area (Å²) in [6, 6.07) is 0. The molecule has 6 heteroatoms. The van der Waals surface area contributed by atoms with E-state index in [2.05, 4.69) is 0 Å². The number of amides is 1. The Hall–Kier alpha value is -1.72. The average Bonchev–Trinajstić information content (AvgIpc) is 2.67. The largest absolute Gasteiger partial charge is 0.464 e. The van der Waals surface area contributed by atoms with Crippen molar-refractivity contribution < 1.29 is 23.8 Å². The maximum Gasteiger partial charge on any atom is 0.416 e. The number of carbonyl (C=O) groups excluding carboxylic acids is 2. The van der Waals surface area contributed by atoms with Crippen LogP contribution >= 0.6 is 0 Å². The Bertz CT molecular complexity index is 286. The summed E-state index contributed by atoms with van der Waals surface area (Å²) in [6.07, 6.45) is 0.729. The molecule has 0 saturated heterocycles. The van der Waals surface area contributed by atoms with E-state index >= 15 is 0 Å². The molecule has 1 aliphatic rings. The molecule has 0 bridgehead atoms. The number of esters is 1. The molecule has 1 aliphatic heterocycles. The topological polar surface area (TPSA) is 65.1 Å². The van der Waals surface area contributed by atoms with Gasteiger partial charge in [-0.3, -0.25) is 0 Å². The van der Waals surface area contributed by atoms with Crippen LogP contribution in [-0.2, 0) is 19.0 Å². The highest BCUT2D eigenvalue weighted by Crippen LogP contribution is 2.13. The molecule has 0 N–H and O–H groups in total. The molecule has 0 aromatic rings. The van der Waals surface area contributed by atoms with E-state index < -0.39 is 12.1 Å². The van der Waals surface area contributed by atoms with Crippen LogP contribution in [0.25, 0.3) is 0 Å². The number of nitrogens with zero attached hydrogens (tertiary/aromatic N) is 1. The molecule has 0 fully saturated rings. The van der Waals surface area contributed by atoms with E-state index in [9.17, 15) is 9.59 Å². The van der Waals surface area contributed by atoms with Gasteiger partial charge in [0.15, 0.2) is 6.73 Å². The summed E-state index contributed by atoms with van der Waals surface area (Å²) in [5.74, 6) is -0.561. The molecule has 1 amide bonds. The fourth-order valence-electron chi connectivity index (χ4n) is 0.981. The Labute approximate surface area is 87.4 Å². The van der Waals surface area contributed by atoms with Crippen molar-refractivity contribution >= 4 is 12.1 Å². The van der Waals surface area contributed by atoms with Gasteiger partial charge in [-0.1, -0.05) is 0 Å². The third-order valence-electron chi connectivity index (χ3n) is 1.61. The first-order chi connectivity index (χ1) is 7.19. The lowest BCUT2D eigenvalue weighted by Crippen LogP contribution is -2.24. The molecule has 1 heterocycles. The molecule has 0 saturated carbocycles. The van der Waals surface area contributed by atoms with Gasteiger partial charge in [-0.2, -0.15) is 0 Å². The molecule has 0 spiro atoms. The minimum Gasteiger partial charge on any atom is -0.464 e. The third-order valence-corrected chi connectivity index (χ3v) is 1.61. The zero-order valence-corrected chi connectivity index (χ0v) is 8.69. The maximum atomic E-state index is 11.2. The Morgan fingerprint density at radius 1 is 1.40 bits per heavy atom. The molecule has 0 aliphatic carbocycles. The fraction of sp³-hybridized carbons (Fsp3) is 0.556. The van der Waals surface area contributed by atoms with Crippen molar-refractivity contribution in [2.75, 3.05) is 19.9 Å². The van der Waals surface area contributed by atoms with Crippen LogP contribution in [0.15, 0.2) is 12.0 Å². The minimum absolute atomic E-state index is 0.0184. The summed E-state index contributed by atoms with van der Waals surface area (Å²) in [6.45, 7) is 3.91. The molecule has 0 aromatic heterocycles. The van der Waals surface area contributed by atoms with E-state index in [1.165, 1.54) is 6.20 Å². The summed E-state index contributed by atoms with van der Waals surface area (Å²) in [5.41, 5.74) is 0. The SMILES string of the molecule is CCOC(=O)C1=CN(C(=O)OCC)CO1. The molecule has 0 radical (unpaired) electrons. The second kappa shape index (κ2) is 5.23. The molecule has 84 valence electrons. The lowest BCUT2D eigenvalue weighted by molar-refractivity contribution is -0.142. The second-order valence-corrected chi connectivity index (χ2v) is 2.66. The van der Waals surface area contributed by atoms with Gasteiger partial charge < -0.3 is 14.2 Å². The maximum absolute atomic E-state index is 11.2. The van der Waals surface area contributed by atoms with Crippen LogP contribution in [0.5, 0.6) is 0 Å². The zero-order chi connectivity index (χ0) is 11.3. The average molecular weight is 215 g/mol. The Kier molecular flexibility index (Phi) is 3.96. The van der Waals surface area contributed by atoms with Crippen molar-refractivity contribution in [3.05, 3.63) is 12.0 Å². The van der Waals surface area contributed by atoms with Crippen molar-refractivity contribution in [3.8, 4) is 0 Å². The predicted molar refractivity (Wildman–Crippen MR) is 49.5 cm³/mol. The van der Waals surface area contributed by atoms with Crippen LogP contribution in [0.3, 0.4) is 0 Å². The minimum atomic E-state index is -0.579. The molecule has 0 unspecified atom stereocenters. The number of carbonyl (C=O) groups is 2. The van der Waals surface area contributed by atoms with Gasteiger partial charge in [0.25, 0.3) is 0 Å². The van der Waals surface area contributed by atoms with Gasteiger partial charge in [0.1, 0.15) is 0 Å². The van der Waals surface area contributed by atoms with Gasteiger partial charge in [-0.25, -0.2) is 14.5 Å². The molecule has 0 aromatic carbocycles. The first kappa shape index (κ1) is 11.4. The van der Waals surface area contributed by atoms with E-state index in [0.717, 1.165) is 4.90 Å². The fourth-order valence-corrected chi connectivity index (χ4v) is 0.981. The molecular weight excluding hydrogens is 202 g/mol.